The van der Waals surface area contributed by atoms with Gasteiger partial charge in [0.05, 0.1) is 18.0 Å². The zero-order chi connectivity index (χ0) is 22.7. The number of sulfonamides is 1. The van der Waals surface area contributed by atoms with Gasteiger partial charge < -0.3 is 9.32 Å². The molecule has 4 rings (SSSR count). The largest absolute Gasteiger partial charge is 0.464 e. The van der Waals surface area contributed by atoms with Gasteiger partial charge in [0.2, 0.25) is 15.9 Å². The number of carbonyl (C=O) groups excluding carboxylic acids is 1. The standard InChI is InChI=1S/C24H33N3O4S/c1-18-5-11-23(12-6-18)32(29,30)25-14-20-4-3-13-26(15-20)17-24(28)27(21-8-9-21)16-22-10-7-19(2)31-22/h5-7,10-12,20-21,25H,3-4,8-9,13-17H2,1-2H3. The fourth-order valence-electron chi connectivity index (χ4n) is 4.32. The first kappa shape index (κ1) is 23.0. The average Bonchev–Trinajstić information content (AvgIpc) is 3.52. The van der Waals surface area contributed by atoms with Gasteiger partial charge in [0, 0.05) is 19.1 Å². The molecule has 2 heterocycles. The smallest absolute Gasteiger partial charge is 0.240 e. The van der Waals surface area contributed by atoms with Crippen molar-refractivity contribution in [1.29, 1.82) is 0 Å². The van der Waals surface area contributed by atoms with Gasteiger partial charge in [-0.25, -0.2) is 13.1 Å². The Morgan fingerprint density at radius 2 is 1.88 bits per heavy atom. The van der Waals surface area contributed by atoms with Gasteiger partial charge in [-0.3, -0.25) is 9.69 Å². The van der Waals surface area contributed by atoms with E-state index in [9.17, 15) is 13.2 Å². The summed E-state index contributed by atoms with van der Waals surface area (Å²) in [6, 6.07) is 11.1. The van der Waals surface area contributed by atoms with E-state index in [4.69, 9.17) is 4.42 Å². The number of aryl methyl sites for hydroxylation is 2. The summed E-state index contributed by atoms with van der Waals surface area (Å²) >= 11 is 0. The first-order valence-corrected chi connectivity index (χ1v) is 12.9. The van der Waals surface area contributed by atoms with Crippen LogP contribution >= 0.6 is 0 Å². The molecule has 1 saturated carbocycles. The van der Waals surface area contributed by atoms with Crippen LogP contribution in [0, 0.1) is 19.8 Å². The van der Waals surface area contributed by atoms with E-state index in [1.807, 2.05) is 30.9 Å². The minimum atomic E-state index is -3.52. The van der Waals surface area contributed by atoms with E-state index in [0.29, 0.717) is 30.6 Å². The first-order valence-electron chi connectivity index (χ1n) is 11.4. The molecule has 174 valence electrons. The van der Waals surface area contributed by atoms with Crippen LogP contribution in [0.3, 0.4) is 0 Å². The topological polar surface area (TPSA) is 82.9 Å². The molecular formula is C24H33N3O4S. The fourth-order valence-corrected chi connectivity index (χ4v) is 5.43. The van der Waals surface area contributed by atoms with Crippen molar-refractivity contribution in [3.8, 4) is 0 Å². The van der Waals surface area contributed by atoms with Crippen molar-refractivity contribution < 1.29 is 17.6 Å². The molecule has 0 bridgehead atoms. The summed E-state index contributed by atoms with van der Waals surface area (Å²) in [6.45, 7) is 6.71. The third kappa shape index (κ3) is 5.99. The molecule has 1 N–H and O–H groups in total. The number of rotatable bonds is 9. The lowest BCUT2D eigenvalue weighted by Crippen LogP contribution is -2.46. The van der Waals surface area contributed by atoms with E-state index >= 15 is 0 Å². The second-order valence-corrected chi connectivity index (χ2v) is 10.9. The van der Waals surface area contributed by atoms with Crippen molar-refractivity contribution in [2.75, 3.05) is 26.2 Å². The maximum Gasteiger partial charge on any atom is 0.240 e. The molecule has 1 atom stereocenters. The average molecular weight is 460 g/mol. The number of likely N-dealkylation sites (tertiary alicyclic amines) is 1. The molecule has 32 heavy (non-hydrogen) atoms. The SMILES string of the molecule is Cc1ccc(S(=O)(=O)NCC2CCCN(CC(=O)N(Cc3ccc(C)o3)C3CC3)C2)cc1. The lowest BCUT2D eigenvalue weighted by atomic mass is 9.98. The van der Waals surface area contributed by atoms with E-state index in [0.717, 1.165) is 55.9 Å². The molecule has 0 spiro atoms. The third-order valence-electron chi connectivity index (χ3n) is 6.29. The number of nitrogens with zero attached hydrogens (tertiary/aromatic N) is 2. The Labute approximate surface area is 190 Å². The van der Waals surface area contributed by atoms with Crippen molar-refractivity contribution in [3.63, 3.8) is 0 Å². The molecule has 8 heteroatoms. The number of piperidine rings is 1. The van der Waals surface area contributed by atoms with Crippen LogP contribution in [0.25, 0.3) is 0 Å². The second-order valence-electron chi connectivity index (χ2n) is 9.17. The lowest BCUT2D eigenvalue weighted by Gasteiger charge is -2.34. The molecule has 1 aromatic heterocycles. The Morgan fingerprint density at radius 1 is 1.12 bits per heavy atom. The molecule has 2 aromatic rings. The van der Waals surface area contributed by atoms with Crippen LogP contribution in [0.2, 0.25) is 0 Å². The highest BCUT2D eigenvalue weighted by atomic mass is 32.2. The summed E-state index contributed by atoms with van der Waals surface area (Å²) in [5, 5.41) is 0. The summed E-state index contributed by atoms with van der Waals surface area (Å²) in [5.41, 5.74) is 1.03. The Morgan fingerprint density at radius 3 is 2.53 bits per heavy atom. The molecule has 1 aliphatic carbocycles. The zero-order valence-electron chi connectivity index (χ0n) is 18.9. The van der Waals surface area contributed by atoms with Gasteiger partial charge in [-0.1, -0.05) is 17.7 Å². The van der Waals surface area contributed by atoms with Crippen molar-refractivity contribution in [3.05, 3.63) is 53.5 Å². The van der Waals surface area contributed by atoms with Gasteiger partial charge in [0.25, 0.3) is 0 Å². The number of furan rings is 1. The Balaban J connectivity index is 1.30. The number of nitrogens with one attached hydrogen (secondary N) is 1. The van der Waals surface area contributed by atoms with Crippen LogP contribution in [0.1, 0.15) is 42.8 Å². The Hall–Kier alpha value is -2.16. The number of benzene rings is 1. The van der Waals surface area contributed by atoms with Gasteiger partial charge in [-0.05, 0) is 76.3 Å². The molecular weight excluding hydrogens is 426 g/mol. The second kappa shape index (κ2) is 9.77. The van der Waals surface area contributed by atoms with Crippen LogP contribution in [-0.4, -0.2) is 56.3 Å². The molecule has 0 radical (unpaired) electrons. The van der Waals surface area contributed by atoms with E-state index in [1.165, 1.54) is 0 Å². The van der Waals surface area contributed by atoms with Crippen molar-refractivity contribution in [2.45, 2.75) is 57.0 Å². The number of carbonyl (C=O) groups is 1. The lowest BCUT2D eigenvalue weighted by molar-refractivity contribution is -0.134. The molecule has 1 aliphatic heterocycles. The first-order chi connectivity index (χ1) is 15.3. The van der Waals surface area contributed by atoms with Crippen LogP contribution in [0.4, 0.5) is 0 Å². The number of hydrogen-bond acceptors (Lipinski definition) is 5. The van der Waals surface area contributed by atoms with Gasteiger partial charge in [0.15, 0.2) is 0 Å². The van der Waals surface area contributed by atoms with E-state index in [1.54, 1.807) is 24.3 Å². The molecule has 2 fully saturated rings. The van der Waals surface area contributed by atoms with Gasteiger partial charge >= 0.3 is 0 Å². The Kier molecular flexibility index (Phi) is 7.02. The summed E-state index contributed by atoms with van der Waals surface area (Å²) < 4.78 is 33.6. The molecule has 2 aliphatic rings. The molecule has 1 amide bonds. The number of hydrogen-bond donors (Lipinski definition) is 1. The van der Waals surface area contributed by atoms with Crippen LogP contribution in [0.15, 0.2) is 45.7 Å². The highest BCUT2D eigenvalue weighted by Gasteiger charge is 2.34. The summed E-state index contributed by atoms with van der Waals surface area (Å²) in [6.07, 6.45) is 4.02. The van der Waals surface area contributed by atoms with E-state index in [2.05, 4.69) is 9.62 Å². The predicted molar refractivity (Wildman–Crippen MR) is 123 cm³/mol. The molecule has 1 aromatic carbocycles. The number of amides is 1. The normalized spacial score (nSPS) is 19.8. The third-order valence-corrected chi connectivity index (χ3v) is 7.72. The fraction of sp³-hybridized carbons (Fsp3) is 0.542. The zero-order valence-corrected chi connectivity index (χ0v) is 19.7. The van der Waals surface area contributed by atoms with Crippen LogP contribution in [0.5, 0.6) is 0 Å². The molecule has 1 saturated heterocycles. The highest BCUT2D eigenvalue weighted by molar-refractivity contribution is 7.89. The molecule has 1 unspecified atom stereocenters. The van der Waals surface area contributed by atoms with Crippen molar-refractivity contribution >= 4 is 15.9 Å². The minimum absolute atomic E-state index is 0.127. The minimum Gasteiger partial charge on any atom is -0.464 e. The monoisotopic (exact) mass is 459 g/mol. The quantitative estimate of drug-likeness (QED) is 0.623. The summed E-state index contributed by atoms with van der Waals surface area (Å²) in [7, 11) is -3.52. The van der Waals surface area contributed by atoms with Gasteiger partial charge in [-0.15, -0.1) is 0 Å². The maximum atomic E-state index is 13.1. The van der Waals surface area contributed by atoms with Gasteiger partial charge in [-0.2, -0.15) is 0 Å². The highest BCUT2D eigenvalue weighted by Crippen LogP contribution is 2.29. The maximum absolute atomic E-state index is 13.1. The van der Waals surface area contributed by atoms with E-state index < -0.39 is 10.0 Å². The summed E-state index contributed by atoms with van der Waals surface area (Å²) in [5.74, 6) is 2.00. The van der Waals surface area contributed by atoms with Crippen LogP contribution < -0.4 is 4.72 Å². The van der Waals surface area contributed by atoms with Crippen molar-refractivity contribution in [1.82, 2.24) is 14.5 Å². The molecule has 7 nitrogen and oxygen atoms in total. The predicted octanol–water partition coefficient (Wildman–Crippen LogP) is 3.08. The Bertz CT molecular complexity index is 1030. The van der Waals surface area contributed by atoms with E-state index in [-0.39, 0.29) is 11.8 Å². The van der Waals surface area contributed by atoms with Gasteiger partial charge in [0.1, 0.15) is 11.5 Å². The van der Waals surface area contributed by atoms with Crippen LogP contribution in [-0.2, 0) is 21.4 Å². The van der Waals surface area contributed by atoms with Crippen molar-refractivity contribution in [2.24, 2.45) is 5.92 Å². The summed E-state index contributed by atoms with van der Waals surface area (Å²) in [4.78, 5) is 17.5.